The molecular weight excluding hydrogens is 562 g/mol. The summed E-state index contributed by atoms with van der Waals surface area (Å²) in [5, 5.41) is 3.41. The molecule has 1 N–H and O–H groups in total. The van der Waals surface area contributed by atoms with E-state index in [1.165, 1.54) is 17.0 Å². The number of carbonyl (C=O) groups is 2. The van der Waals surface area contributed by atoms with Gasteiger partial charge in [0.05, 0.1) is 17.2 Å². The number of anilines is 1. The summed E-state index contributed by atoms with van der Waals surface area (Å²) in [4.78, 5) is 28.6. The van der Waals surface area contributed by atoms with Crippen molar-refractivity contribution in [2.24, 2.45) is 0 Å². The van der Waals surface area contributed by atoms with E-state index in [0.717, 1.165) is 16.3 Å². The van der Waals surface area contributed by atoms with Gasteiger partial charge in [0.1, 0.15) is 18.3 Å². The van der Waals surface area contributed by atoms with Crippen LogP contribution in [0.3, 0.4) is 0 Å². The molecule has 2 amide bonds. The number of nitrogens with one attached hydrogen (secondary N) is 1. The third-order valence-corrected chi connectivity index (χ3v) is 8.76. The minimum absolute atomic E-state index is 0.0498. The molecule has 220 valence electrons. The molecule has 0 fully saturated rings. The van der Waals surface area contributed by atoms with Gasteiger partial charge >= 0.3 is 0 Å². The number of hydrogen-bond donors (Lipinski definition) is 1. The maximum Gasteiger partial charge on any atom is 0.264 e. The number of carbonyl (C=O) groups excluding carboxylic acids is 2. The van der Waals surface area contributed by atoms with Gasteiger partial charge in [-0.25, -0.2) is 8.42 Å². The first-order chi connectivity index (χ1) is 19.5. The monoisotopic (exact) mass is 599 g/mol. The molecule has 0 aromatic heterocycles. The van der Waals surface area contributed by atoms with Crippen LogP contribution in [0.4, 0.5) is 5.69 Å². The summed E-state index contributed by atoms with van der Waals surface area (Å²) in [6, 6.07) is 19.0. The molecule has 41 heavy (non-hydrogen) atoms. The molecule has 0 aliphatic carbocycles. The zero-order chi connectivity index (χ0) is 30.2. The standard InChI is InChI=1S/C31H38ClN3O5S/c1-6-23(4)33-31(37)24(5)34(20-25-9-8-10-26(32)19-25)30(36)21-35(27-13-15-28(16-14-27)40-7-2)41(38,39)29-17-11-22(3)12-18-29/h8-19,23-24H,6-7,20-21H2,1-5H3,(H,33,37)/t23-,24-/m1/s1. The van der Waals surface area contributed by atoms with E-state index >= 15 is 0 Å². The van der Waals surface area contributed by atoms with E-state index in [0.29, 0.717) is 28.6 Å². The Bertz CT molecular complexity index is 1430. The van der Waals surface area contributed by atoms with E-state index in [1.54, 1.807) is 67.6 Å². The molecule has 3 aromatic carbocycles. The quantitative estimate of drug-likeness (QED) is 0.277. The molecule has 2 atom stereocenters. The van der Waals surface area contributed by atoms with Gasteiger partial charge in [-0.2, -0.15) is 0 Å². The molecule has 0 aliphatic heterocycles. The predicted octanol–water partition coefficient (Wildman–Crippen LogP) is 5.57. The van der Waals surface area contributed by atoms with Crippen molar-refractivity contribution in [1.29, 1.82) is 0 Å². The summed E-state index contributed by atoms with van der Waals surface area (Å²) in [5.41, 5.74) is 1.91. The lowest BCUT2D eigenvalue weighted by Crippen LogP contribution is -2.52. The Balaban J connectivity index is 2.03. The molecule has 0 radical (unpaired) electrons. The van der Waals surface area contributed by atoms with E-state index in [9.17, 15) is 18.0 Å². The van der Waals surface area contributed by atoms with Gasteiger partial charge in [-0.05, 0) is 88.2 Å². The van der Waals surface area contributed by atoms with E-state index in [2.05, 4.69) is 5.32 Å². The third-order valence-electron chi connectivity index (χ3n) is 6.73. The SMILES string of the molecule is CCOc1ccc(N(CC(=O)N(Cc2cccc(Cl)c2)[C@H](C)C(=O)N[C@H](C)CC)S(=O)(=O)c2ccc(C)cc2)cc1. The normalized spacial score (nSPS) is 12.7. The largest absolute Gasteiger partial charge is 0.494 e. The fourth-order valence-electron chi connectivity index (χ4n) is 4.12. The van der Waals surface area contributed by atoms with Crippen LogP contribution in [-0.2, 0) is 26.2 Å². The summed E-state index contributed by atoms with van der Waals surface area (Å²) >= 11 is 6.20. The van der Waals surface area contributed by atoms with Gasteiger partial charge in [-0.1, -0.05) is 48.4 Å². The molecule has 0 heterocycles. The molecule has 3 aromatic rings. The summed E-state index contributed by atoms with van der Waals surface area (Å²) in [6.45, 7) is 9.19. The predicted molar refractivity (Wildman–Crippen MR) is 163 cm³/mol. The first-order valence-electron chi connectivity index (χ1n) is 13.6. The number of hydrogen-bond acceptors (Lipinski definition) is 5. The van der Waals surface area contributed by atoms with Crippen molar-refractivity contribution in [3.05, 3.63) is 88.9 Å². The average Bonchev–Trinajstić information content (AvgIpc) is 2.95. The van der Waals surface area contributed by atoms with Crippen molar-refractivity contribution < 1.29 is 22.7 Å². The van der Waals surface area contributed by atoms with Crippen LogP contribution in [0.25, 0.3) is 0 Å². The van der Waals surface area contributed by atoms with Crippen molar-refractivity contribution in [2.75, 3.05) is 17.5 Å². The van der Waals surface area contributed by atoms with E-state index in [1.807, 2.05) is 27.7 Å². The highest BCUT2D eigenvalue weighted by Gasteiger charge is 2.32. The first-order valence-corrected chi connectivity index (χ1v) is 15.4. The van der Waals surface area contributed by atoms with Gasteiger partial charge in [-0.3, -0.25) is 13.9 Å². The second-order valence-corrected chi connectivity index (χ2v) is 12.2. The van der Waals surface area contributed by atoms with E-state index < -0.39 is 28.5 Å². The first kappa shape index (κ1) is 32.0. The number of nitrogens with zero attached hydrogens (tertiary/aromatic N) is 2. The van der Waals surface area contributed by atoms with Crippen LogP contribution >= 0.6 is 11.6 Å². The minimum atomic E-state index is -4.15. The van der Waals surface area contributed by atoms with E-state index in [-0.39, 0.29) is 23.4 Å². The maximum atomic E-state index is 14.0. The van der Waals surface area contributed by atoms with Gasteiger partial charge in [0.25, 0.3) is 10.0 Å². The second-order valence-electron chi connectivity index (χ2n) is 9.90. The van der Waals surface area contributed by atoms with Gasteiger partial charge in [-0.15, -0.1) is 0 Å². The van der Waals surface area contributed by atoms with Gasteiger partial charge < -0.3 is 15.0 Å². The lowest BCUT2D eigenvalue weighted by molar-refractivity contribution is -0.139. The Kier molecular flexibility index (Phi) is 11.2. The zero-order valence-electron chi connectivity index (χ0n) is 24.1. The second kappa shape index (κ2) is 14.4. The van der Waals surface area contributed by atoms with Crippen LogP contribution in [0.2, 0.25) is 5.02 Å². The van der Waals surface area contributed by atoms with Crippen LogP contribution in [0.15, 0.2) is 77.7 Å². The molecule has 0 saturated heterocycles. The Hall–Kier alpha value is -3.56. The minimum Gasteiger partial charge on any atom is -0.494 e. The third kappa shape index (κ3) is 8.47. The lowest BCUT2D eigenvalue weighted by Gasteiger charge is -2.32. The van der Waals surface area contributed by atoms with Crippen LogP contribution in [0, 0.1) is 6.92 Å². The summed E-state index contributed by atoms with van der Waals surface area (Å²) < 4.78 is 34.5. The number of sulfonamides is 1. The van der Waals surface area contributed by atoms with Crippen LogP contribution in [0.1, 0.15) is 45.2 Å². The van der Waals surface area contributed by atoms with Crippen LogP contribution in [-0.4, -0.2) is 50.4 Å². The lowest BCUT2D eigenvalue weighted by atomic mass is 10.1. The smallest absolute Gasteiger partial charge is 0.264 e. The summed E-state index contributed by atoms with van der Waals surface area (Å²) in [7, 11) is -4.15. The molecule has 8 nitrogen and oxygen atoms in total. The van der Waals surface area contributed by atoms with Crippen LogP contribution in [0.5, 0.6) is 5.75 Å². The Morgan fingerprint density at radius 2 is 1.63 bits per heavy atom. The molecule has 0 unspecified atom stereocenters. The zero-order valence-corrected chi connectivity index (χ0v) is 25.7. The van der Waals surface area contributed by atoms with Crippen molar-refractivity contribution in [1.82, 2.24) is 10.2 Å². The molecule has 0 aliphatic rings. The maximum absolute atomic E-state index is 14.0. The highest BCUT2D eigenvalue weighted by atomic mass is 35.5. The average molecular weight is 600 g/mol. The number of halogens is 1. The fourth-order valence-corrected chi connectivity index (χ4v) is 5.75. The molecule has 0 bridgehead atoms. The van der Waals surface area contributed by atoms with Crippen molar-refractivity contribution >= 4 is 39.1 Å². The van der Waals surface area contributed by atoms with E-state index in [4.69, 9.17) is 16.3 Å². The number of aryl methyl sites for hydroxylation is 1. The Morgan fingerprint density at radius 3 is 2.22 bits per heavy atom. The topological polar surface area (TPSA) is 96.0 Å². The number of rotatable bonds is 13. The summed E-state index contributed by atoms with van der Waals surface area (Å²) in [6.07, 6.45) is 0.723. The molecular formula is C31H38ClN3O5S. The van der Waals surface area contributed by atoms with Gasteiger partial charge in [0.2, 0.25) is 11.8 Å². The number of amides is 2. The molecule has 0 spiro atoms. The number of benzene rings is 3. The van der Waals surface area contributed by atoms with Gasteiger partial charge in [0.15, 0.2) is 0 Å². The van der Waals surface area contributed by atoms with Gasteiger partial charge in [0, 0.05) is 17.6 Å². The molecule has 10 heteroatoms. The Morgan fingerprint density at radius 1 is 0.976 bits per heavy atom. The highest BCUT2D eigenvalue weighted by molar-refractivity contribution is 7.92. The van der Waals surface area contributed by atoms with Crippen molar-refractivity contribution in [3.8, 4) is 5.75 Å². The molecule has 3 rings (SSSR count). The molecule has 0 saturated carbocycles. The van der Waals surface area contributed by atoms with Crippen LogP contribution < -0.4 is 14.4 Å². The number of ether oxygens (including phenoxy) is 1. The fraction of sp³-hybridized carbons (Fsp3) is 0.355. The van der Waals surface area contributed by atoms with Crippen molar-refractivity contribution in [2.45, 2.75) is 64.6 Å². The highest BCUT2D eigenvalue weighted by Crippen LogP contribution is 2.27. The van der Waals surface area contributed by atoms with Crippen molar-refractivity contribution in [3.63, 3.8) is 0 Å². The Labute approximate surface area is 248 Å². The summed E-state index contributed by atoms with van der Waals surface area (Å²) in [5.74, 6) is -0.293.